The SMILES string of the molecule is CC(C)(C)c1cc2cccc(F)c2c(=O)n1C1=NCC=C1. The first-order valence-electron chi connectivity index (χ1n) is 6.96. The van der Waals surface area contributed by atoms with Crippen LogP contribution in [0.3, 0.4) is 0 Å². The lowest BCUT2D eigenvalue weighted by Crippen LogP contribution is -2.34. The quantitative estimate of drug-likeness (QED) is 0.731. The lowest BCUT2D eigenvalue weighted by Gasteiger charge is -2.24. The Hall–Kier alpha value is -2.23. The molecule has 0 bridgehead atoms. The second kappa shape index (κ2) is 4.65. The van der Waals surface area contributed by atoms with Gasteiger partial charge in [0.25, 0.3) is 5.56 Å². The summed E-state index contributed by atoms with van der Waals surface area (Å²) >= 11 is 0. The van der Waals surface area contributed by atoms with Crippen LogP contribution in [0.4, 0.5) is 4.39 Å². The number of benzene rings is 1. The number of pyridine rings is 1. The van der Waals surface area contributed by atoms with Crippen molar-refractivity contribution < 1.29 is 4.39 Å². The number of nitrogens with zero attached hydrogens (tertiary/aromatic N) is 2. The fourth-order valence-corrected chi connectivity index (χ4v) is 2.60. The fraction of sp³-hybridized carbons (Fsp3) is 0.294. The number of rotatable bonds is 0. The summed E-state index contributed by atoms with van der Waals surface area (Å²) in [5.41, 5.74) is 0.232. The summed E-state index contributed by atoms with van der Waals surface area (Å²) in [5.74, 6) is 0.0874. The first-order valence-corrected chi connectivity index (χ1v) is 6.96. The number of aliphatic imine (C=N–C) groups is 1. The second-order valence-corrected chi connectivity index (χ2v) is 6.23. The number of fused-ring (bicyclic) bond motifs is 1. The minimum atomic E-state index is -0.491. The molecule has 0 aliphatic carbocycles. The summed E-state index contributed by atoms with van der Waals surface area (Å²) in [7, 11) is 0. The van der Waals surface area contributed by atoms with E-state index in [4.69, 9.17) is 0 Å². The molecule has 1 aliphatic heterocycles. The van der Waals surface area contributed by atoms with Crippen LogP contribution in [0.1, 0.15) is 26.5 Å². The third kappa shape index (κ3) is 2.20. The fourth-order valence-electron chi connectivity index (χ4n) is 2.60. The van der Waals surface area contributed by atoms with E-state index in [0.717, 1.165) is 5.69 Å². The molecule has 0 unspecified atom stereocenters. The first-order chi connectivity index (χ1) is 9.89. The monoisotopic (exact) mass is 284 g/mol. The Morgan fingerprint density at radius 3 is 2.67 bits per heavy atom. The molecule has 0 fully saturated rings. The van der Waals surface area contributed by atoms with Crippen LogP contribution in [-0.2, 0) is 5.41 Å². The normalized spacial score (nSPS) is 14.8. The Bertz CT molecular complexity index is 838. The van der Waals surface area contributed by atoms with E-state index in [2.05, 4.69) is 4.99 Å². The highest BCUT2D eigenvalue weighted by Crippen LogP contribution is 2.25. The van der Waals surface area contributed by atoms with E-state index in [1.807, 2.05) is 39.0 Å². The van der Waals surface area contributed by atoms with Gasteiger partial charge in [-0.15, -0.1) is 0 Å². The molecule has 0 saturated heterocycles. The molecule has 108 valence electrons. The van der Waals surface area contributed by atoms with Crippen molar-refractivity contribution in [2.24, 2.45) is 4.99 Å². The molecule has 0 radical (unpaired) electrons. The molecule has 2 aromatic rings. The van der Waals surface area contributed by atoms with Gasteiger partial charge in [0.2, 0.25) is 0 Å². The van der Waals surface area contributed by atoms with Gasteiger partial charge in [-0.25, -0.2) is 4.39 Å². The molecule has 1 aromatic carbocycles. The predicted molar refractivity (Wildman–Crippen MR) is 83.7 cm³/mol. The molecular weight excluding hydrogens is 267 g/mol. The maximum absolute atomic E-state index is 14.1. The van der Waals surface area contributed by atoms with Crippen molar-refractivity contribution in [2.75, 3.05) is 6.54 Å². The molecule has 0 amide bonds. The zero-order valence-corrected chi connectivity index (χ0v) is 12.4. The molecule has 0 atom stereocenters. The van der Waals surface area contributed by atoms with E-state index in [0.29, 0.717) is 17.8 Å². The molecule has 3 nitrogen and oxygen atoms in total. The van der Waals surface area contributed by atoms with E-state index in [1.165, 1.54) is 10.6 Å². The molecule has 0 N–H and O–H groups in total. The second-order valence-electron chi connectivity index (χ2n) is 6.23. The third-order valence-corrected chi connectivity index (χ3v) is 3.62. The van der Waals surface area contributed by atoms with Crippen molar-refractivity contribution in [1.29, 1.82) is 0 Å². The molecule has 1 aromatic heterocycles. The van der Waals surface area contributed by atoms with Gasteiger partial charge in [0, 0.05) is 11.1 Å². The summed E-state index contributed by atoms with van der Waals surface area (Å²) < 4.78 is 15.6. The lowest BCUT2D eigenvalue weighted by atomic mass is 9.90. The van der Waals surface area contributed by atoms with Crippen LogP contribution in [0.5, 0.6) is 0 Å². The van der Waals surface area contributed by atoms with E-state index < -0.39 is 5.82 Å². The average Bonchev–Trinajstić information content (AvgIpc) is 2.90. The average molecular weight is 284 g/mol. The molecule has 0 spiro atoms. The van der Waals surface area contributed by atoms with Crippen molar-refractivity contribution >= 4 is 16.6 Å². The van der Waals surface area contributed by atoms with Gasteiger partial charge in [-0.1, -0.05) is 39.0 Å². The Morgan fingerprint density at radius 1 is 1.29 bits per heavy atom. The zero-order valence-electron chi connectivity index (χ0n) is 12.4. The molecule has 4 heteroatoms. The topological polar surface area (TPSA) is 34.4 Å². The molecule has 0 saturated carbocycles. The van der Waals surface area contributed by atoms with E-state index >= 15 is 0 Å². The van der Waals surface area contributed by atoms with Gasteiger partial charge in [0.15, 0.2) is 0 Å². The standard InChI is InChI=1S/C17H17FN2O/c1-17(2,3)13-10-11-6-4-7-12(18)15(11)16(21)20(13)14-8-5-9-19-14/h4-8,10H,9H2,1-3H3. The van der Waals surface area contributed by atoms with Crippen molar-refractivity contribution in [1.82, 2.24) is 4.57 Å². The van der Waals surface area contributed by atoms with Crippen molar-refractivity contribution in [3.8, 4) is 0 Å². The first kappa shape index (κ1) is 13.7. The number of hydrogen-bond acceptors (Lipinski definition) is 2. The molecule has 3 rings (SSSR count). The number of aromatic nitrogens is 1. The van der Waals surface area contributed by atoms with Gasteiger partial charge < -0.3 is 0 Å². The highest BCUT2D eigenvalue weighted by molar-refractivity contribution is 5.98. The van der Waals surface area contributed by atoms with Crippen molar-refractivity contribution in [3.63, 3.8) is 0 Å². The van der Waals surface area contributed by atoms with Gasteiger partial charge in [-0.2, -0.15) is 0 Å². The van der Waals surface area contributed by atoms with Gasteiger partial charge in [0.1, 0.15) is 11.7 Å². The Labute approximate surface area is 122 Å². The van der Waals surface area contributed by atoms with Gasteiger partial charge in [-0.3, -0.25) is 14.4 Å². The maximum atomic E-state index is 14.1. The van der Waals surface area contributed by atoms with E-state index in [9.17, 15) is 9.18 Å². The van der Waals surface area contributed by atoms with Gasteiger partial charge in [0.05, 0.1) is 11.9 Å². The predicted octanol–water partition coefficient (Wildman–Crippen LogP) is 3.25. The Balaban J connectivity index is 2.48. The minimum absolute atomic E-state index is 0.119. The van der Waals surface area contributed by atoms with Crippen LogP contribution in [0, 0.1) is 5.82 Å². The van der Waals surface area contributed by atoms with Crippen LogP contribution in [0.2, 0.25) is 0 Å². The van der Waals surface area contributed by atoms with Crippen molar-refractivity contribution in [3.05, 3.63) is 58.3 Å². The summed E-state index contributed by atoms with van der Waals surface area (Å²) in [6.07, 6.45) is 3.70. The summed E-state index contributed by atoms with van der Waals surface area (Å²) in [4.78, 5) is 17.1. The van der Waals surface area contributed by atoms with Crippen LogP contribution < -0.4 is 5.56 Å². The van der Waals surface area contributed by atoms with E-state index in [-0.39, 0.29) is 16.4 Å². The smallest absolute Gasteiger partial charge is 0.267 e. The van der Waals surface area contributed by atoms with Gasteiger partial charge >= 0.3 is 0 Å². The number of halogens is 1. The number of allylic oxidation sites excluding steroid dienone is 1. The molecule has 1 aliphatic rings. The van der Waals surface area contributed by atoms with Crippen LogP contribution in [0.25, 0.3) is 10.8 Å². The lowest BCUT2D eigenvalue weighted by molar-refractivity contribution is 0.554. The van der Waals surface area contributed by atoms with Crippen molar-refractivity contribution in [2.45, 2.75) is 26.2 Å². The van der Waals surface area contributed by atoms with Crippen LogP contribution >= 0.6 is 0 Å². The van der Waals surface area contributed by atoms with Crippen LogP contribution in [-0.4, -0.2) is 16.9 Å². The largest absolute Gasteiger partial charge is 0.268 e. The number of hydrogen-bond donors (Lipinski definition) is 0. The van der Waals surface area contributed by atoms with Gasteiger partial charge in [-0.05, 0) is 23.6 Å². The maximum Gasteiger partial charge on any atom is 0.267 e. The minimum Gasteiger partial charge on any atom is -0.268 e. The Morgan fingerprint density at radius 2 is 2.05 bits per heavy atom. The zero-order chi connectivity index (χ0) is 15.2. The summed E-state index contributed by atoms with van der Waals surface area (Å²) in [6, 6.07) is 6.60. The highest BCUT2D eigenvalue weighted by Gasteiger charge is 2.24. The Kier molecular flexibility index (Phi) is 3.04. The van der Waals surface area contributed by atoms with E-state index in [1.54, 1.807) is 12.1 Å². The summed E-state index contributed by atoms with van der Waals surface area (Å²) in [5, 5.41) is 0.747. The summed E-state index contributed by atoms with van der Waals surface area (Å²) in [6.45, 7) is 6.65. The third-order valence-electron chi connectivity index (χ3n) is 3.62. The molecule has 2 heterocycles. The molecule has 21 heavy (non-hydrogen) atoms. The highest BCUT2D eigenvalue weighted by atomic mass is 19.1. The van der Waals surface area contributed by atoms with Crippen LogP contribution in [0.15, 0.2) is 46.2 Å². The molecular formula is C17H17FN2O.